The summed E-state index contributed by atoms with van der Waals surface area (Å²) in [4.78, 5) is 10.7. The zero-order valence-electron chi connectivity index (χ0n) is 6.29. The van der Waals surface area contributed by atoms with Crippen molar-refractivity contribution < 1.29 is 14.3 Å². The van der Waals surface area contributed by atoms with E-state index in [1.54, 1.807) is 0 Å². The van der Waals surface area contributed by atoms with E-state index in [0.29, 0.717) is 0 Å². The monoisotopic (exact) mass is 144 g/mol. The maximum atomic E-state index is 10.7. The molecule has 10 heavy (non-hydrogen) atoms. The van der Waals surface area contributed by atoms with Crippen LogP contribution in [0, 0.1) is 0 Å². The highest BCUT2D eigenvalue weighted by molar-refractivity contribution is 5.77. The summed E-state index contributed by atoms with van der Waals surface area (Å²) in [5.74, 6) is -0.238. The average molecular weight is 144 g/mol. The van der Waals surface area contributed by atoms with Crippen molar-refractivity contribution >= 4 is 5.97 Å². The van der Waals surface area contributed by atoms with E-state index >= 15 is 0 Å². The zero-order valence-corrected chi connectivity index (χ0v) is 6.29. The van der Waals surface area contributed by atoms with E-state index in [-0.39, 0.29) is 18.2 Å². The molecule has 1 fully saturated rings. The van der Waals surface area contributed by atoms with Crippen molar-refractivity contribution in [3.05, 3.63) is 0 Å². The molecule has 1 saturated heterocycles. The highest BCUT2D eigenvalue weighted by Crippen LogP contribution is 2.27. The predicted molar refractivity (Wildman–Crippen MR) is 35.6 cm³/mol. The van der Waals surface area contributed by atoms with Gasteiger partial charge in [-0.3, -0.25) is 0 Å². The minimum absolute atomic E-state index is 0.137. The quantitative estimate of drug-likeness (QED) is 0.433. The third kappa shape index (κ3) is 1.48. The largest absolute Gasteiger partial charge is 0.467 e. The Balaban J connectivity index is 2.18. The molecule has 1 aliphatic heterocycles. The van der Waals surface area contributed by atoms with Crippen LogP contribution in [0.4, 0.5) is 0 Å². The van der Waals surface area contributed by atoms with Crippen molar-refractivity contribution in [1.82, 2.24) is 0 Å². The Morgan fingerprint density at radius 3 is 2.90 bits per heavy atom. The second-order valence-electron chi connectivity index (χ2n) is 2.41. The highest BCUT2D eigenvalue weighted by atomic mass is 16.6. The van der Waals surface area contributed by atoms with Crippen LogP contribution in [-0.4, -0.2) is 25.3 Å². The molecular weight excluding hydrogens is 132 g/mol. The lowest BCUT2D eigenvalue weighted by molar-refractivity contribution is -0.142. The van der Waals surface area contributed by atoms with E-state index in [1.807, 2.05) is 0 Å². The Morgan fingerprint density at radius 1 is 1.70 bits per heavy atom. The number of carbonyl (C=O) groups is 1. The molecule has 0 radical (unpaired) electrons. The number of methoxy groups -OCH3 is 1. The van der Waals surface area contributed by atoms with Gasteiger partial charge in [0.15, 0.2) is 6.10 Å². The molecule has 1 aliphatic rings. The van der Waals surface area contributed by atoms with Crippen LogP contribution in [0.15, 0.2) is 0 Å². The molecule has 0 N–H and O–H groups in total. The van der Waals surface area contributed by atoms with Gasteiger partial charge >= 0.3 is 5.97 Å². The first kappa shape index (κ1) is 7.54. The van der Waals surface area contributed by atoms with Gasteiger partial charge in [-0.25, -0.2) is 4.79 Å². The van der Waals surface area contributed by atoms with Crippen LogP contribution in [0.3, 0.4) is 0 Å². The van der Waals surface area contributed by atoms with E-state index in [2.05, 4.69) is 11.7 Å². The Kier molecular flexibility index (Phi) is 2.27. The molecule has 0 aromatic rings. The molecule has 0 aromatic heterocycles. The first-order valence-corrected chi connectivity index (χ1v) is 3.53. The summed E-state index contributed by atoms with van der Waals surface area (Å²) in [6, 6.07) is 0. The van der Waals surface area contributed by atoms with Crippen molar-refractivity contribution in [2.75, 3.05) is 7.11 Å². The topological polar surface area (TPSA) is 38.8 Å². The Hall–Kier alpha value is -0.570. The van der Waals surface area contributed by atoms with E-state index < -0.39 is 0 Å². The molecule has 0 aromatic carbocycles. The first-order chi connectivity index (χ1) is 4.79. The zero-order chi connectivity index (χ0) is 7.56. The number of rotatable bonds is 3. The molecular formula is C7H12O3. The van der Waals surface area contributed by atoms with Gasteiger partial charge in [-0.15, -0.1) is 0 Å². The summed E-state index contributed by atoms with van der Waals surface area (Å²) in [7, 11) is 1.38. The van der Waals surface area contributed by atoms with E-state index in [4.69, 9.17) is 4.74 Å². The molecule has 3 heteroatoms. The van der Waals surface area contributed by atoms with Gasteiger partial charge in [0.2, 0.25) is 0 Å². The molecule has 1 rings (SSSR count). The second kappa shape index (κ2) is 3.01. The Bertz CT molecular complexity index is 133. The normalized spacial score (nSPS) is 29.8. The number of esters is 1. The van der Waals surface area contributed by atoms with Crippen molar-refractivity contribution in [1.29, 1.82) is 0 Å². The first-order valence-electron chi connectivity index (χ1n) is 3.53. The number of hydrogen-bond acceptors (Lipinski definition) is 3. The van der Waals surface area contributed by atoms with Gasteiger partial charge in [0, 0.05) is 0 Å². The summed E-state index contributed by atoms with van der Waals surface area (Å²) in [6.07, 6.45) is 1.89. The lowest BCUT2D eigenvalue weighted by Crippen LogP contribution is -2.11. The third-order valence-electron chi connectivity index (χ3n) is 1.59. The minimum Gasteiger partial charge on any atom is -0.467 e. The smallest absolute Gasteiger partial charge is 0.337 e. The van der Waals surface area contributed by atoms with Crippen LogP contribution in [0.25, 0.3) is 0 Å². The molecule has 0 saturated carbocycles. The predicted octanol–water partition coefficient (Wildman–Crippen LogP) is 0.727. The van der Waals surface area contributed by atoms with Crippen LogP contribution in [0.1, 0.15) is 19.8 Å². The van der Waals surface area contributed by atoms with Crippen molar-refractivity contribution in [2.45, 2.75) is 32.0 Å². The van der Waals surface area contributed by atoms with Gasteiger partial charge < -0.3 is 9.47 Å². The summed E-state index contributed by atoms with van der Waals surface area (Å²) in [5.41, 5.74) is 0. The average Bonchev–Trinajstić information content (AvgIpc) is 2.67. The molecule has 0 amide bonds. The fourth-order valence-electron chi connectivity index (χ4n) is 0.970. The molecule has 1 heterocycles. The van der Waals surface area contributed by atoms with Gasteiger partial charge in [0.1, 0.15) is 0 Å². The fraction of sp³-hybridized carbons (Fsp3) is 0.857. The number of carbonyl (C=O) groups excluding carboxylic acids is 1. The molecule has 0 spiro atoms. The van der Waals surface area contributed by atoms with Crippen LogP contribution in [-0.2, 0) is 14.3 Å². The van der Waals surface area contributed by atoms with Gasteiger partial charge in [-0.2, -0.15) is 0 Å². The maximum Gasteiger partial charge on any atom is 0.337 e. The van der Waals surface area contributed by atoms with Gasteiger partial charge in [0.05, 0.1) is 13.2 Å². The summed E-state index contributed by atoms with van der Waals surface area (Å²) in [6.45, 7) is 2.07. The molecule has 58 valence electrons. The van der Waals surface area contributed by atoms with Gasteiger partial charge in [0.25, 0.3) is 0 Å². The molecule has 3 nitrogen and oxygen atoms in total. The summed E-state index contributed by atoms with van der Waals surface area (Å²) >= 11 is 0. The van der Waals surface area contributed by atoms with E-state index in [0.717, 1.165) is 12.8 Å². The third-order valence-corrected chi connectivity index (χ3v) is 1.59. The van der Waals surface area contributed by atoms with E-state index in [1.165, 1.54) is 7.11 Å². The van der Waals surface area contributed by atoms with Crippen molar-refractivity contribution in [3.63, 3.8) is 0 Å². The Morgan fingerprint density at radius 2 is 2.40 bits per heavy atom. The maximum absolute atomic E-state index is 10.7. The molecule has 0 unspecified atom stereocenters. The van der Waals surface area contributed by atoms with Gasteiger partial charge in [-0.1, -0.05) is 13.3 Å². The van der Waals surface area contributed by atoms with E-state index in [9.17, 15) is 4.79 Å². The highest BCUT2D eigenvalue weighted by Gasteiger charge is 2.44. The van der Waals surface area contributed by atoms with Crippen LogP contribution >= 0.6 is 0 Å². The van der Waals surface area contributed by atoms with Crippen LogP contribution in [0.2, 0.25) is 0 Å². The van der Waals surface area contributed by atoms with Crippen LogP contribution in [0.5, 0.6) is 0 Å². The van der Waals surface area contributed by atoms with Gasteiger partial charge in [-0.05, 0) is 6.42 Å². The lowest BCUT2D eigenvalue weighted by Gasteiger charge is -1.90. The standard InChI is InChI=1S/C7H12O3/c1-3-4-5-6(10-5)7(8)9-2/h5-6H,3-4H2,1-2H3/t5-,6-/m1/s1. The number of hydrogen-bond donors (Lipinski definition) is 0. The Labute approximate surface area is 60.3 Å². The summed E-state index contributed by atoms with van der Waals surface area (Å²) < 4.78 is 9.52. The SMILES string of the molecule is CCC[C@H]1O[C@H]1C(=O)OC. The number of epoxide rings is 1. The minimum atomic E-state index is -0.259. The molecule has 2 atom stereocenters. The lowest BCUT2D eigenvalue weighted by atomic mass is 10.2. The molecule has 0 aliphatic carbocycles. The summed E-state index contributed by atoms with van der Waals surface area (Å²) in [5, 5.41) is 0. The fourth-order valence-corrected chi connectivity index (χ4v) is 0.970. The van der Waals surface area contributed by atoms with Crippen molar-refractivity contribution in [2.24, 2.45) is 0 Å². The number of ether oxygens (including phenoxy) is 2. The van der Waals surface area contributed by atoms with Crippen LogP contribution < -0.4 is 0 Å². The second-order valence-corrected chi connectivity index (χ2v) is 2.41. The molecule has 0 bridgehead atoms. The van der Waals surface area contributed by atoms with Crippen molar-refractivity contribution in [3.8, 4) is 0 Å².